The molecule has 0 bridgehead atoms. The number of hydrogen-bond donors (Lipinski definition) is 1. The minimum Gasteiger partial charge on any atom is -0.397 e. The SMILES string of the molecule is Nc1c(Cl)ccc2sc(Br)cc12. The average Bonchev–Trinajstić information content (AvgIpc) is 2.39. The lowest BCUT2D eigenvalue weighted by molar-refractivity contribution is 1.79. The first-order valence-electron chi connectivity index (χ1n) is 3.31. The first-order chi connectivity index (χ1) is 5.68. The highest BCUT2D eigenvalue weighted by atomic mass is 79.9. The first-order valence-corrected chi connectivity index (χ1v) is 5.30. The van der Waals surface area contributed by atoms with E-state index in [9.17, 15) is 0 Å². The van der Waals surface area contributed by atoms with Crippen LogP contribution in [0.3, 0.4) is 0 Å². The summed E-state index contributed by atoms with van der Waals surface area (Å²) >= 11 is 10.9. The number of hydrogen-bond acceptors (Lipinski definition) is 2. The number of thiophene rings is 1. The van der Waals surface area contributed by atoms with Gasteiger partial charge in [0.2, 0.25) is 0 Å². The Morgan fingerprint density at radius 1 is 1.42 bits per heavy atom. The van der Waals surface area contributed by atoms with Crippen molar-refractivity contribution in [1.29, 1.82) is 0 Å². The molecule has 2 N–H and O–H groups in total. The van der Waals surface area contributed by atoms with Crippen molar-refractivity contribution < 1.29 is 0 Å². The normalized spacial score (nSPS) is 10.8. The number of fused-ring (bicyclic) bond motifs is 1. The third kappa shape index (κ3) is 1.22. The molecule has 1 aromatic carbocycles. The summed E-state index contributed by atoms with van der Waals surface area (Å²) in [5, 5.41) is 1.65. The van der Waals surface area contributed by atoms with E-state index < -0.39 is 0 Å². The summed E-state index contributed by atoms with van der Waals surface area (Å²) in [5.74, 6) is 0. The smallest absolute Gasteiger partial charge is 0.0711 e. The second-order valence-corrected chi connectivity index (χ2v) is 5.29. The molecule has 0 aliphatic heterocycles. The highest BCUT2D eigenvalue weighted by molar-refractivity contribution is 9.11. The van der Waals surface area contributed by atoms with Gasteiger partial charge < -0.3 is 5.73 Å². The fraction of sp³-hybridized carbons (Fsp3) is 0. The molecule has 1 aromatic heterocycles. The average molecular weight is 263 g/mol. The van der Waals surface area contributed by atoms with Crippen LogP contribution in [0.25, 0.3) is 10.1 Å². The van der Waals surface area contributed by atoms with Crippen LogP contribution in [0.15, 0.2) is 22.0 Å². The summed E-state index contributed by atoms with van der Waals surface area (Å²) in [6.07, 6.45) is 0. The maximum Gasteiger partial charge on any atom is 0.0711 e. The summed E-state index contributed by atoms with van der Waals surface area (Å²) in [5.41, 5.74) is 6.45. The van der Waals surface area contributed by atoms with Crippen LogP contribution >= 0.6 is 38.9 Å². The molecule has 0 amide bonds. The molecule has 0 radical (unpaired) electrons. The van der Waals surface area contributed by atoms with Gasteiger partial charge in [0.15, 0.2) is 0 Å². The molecule has 0 fully saturated rings. The molecule has 1 nitrogen and oxygen atoms in total. The number of nitrogen functional groups attached to an aromatic ring is 1. The molecule has 0 atom stereocenters. The molecule has 4 heteroatoms. The maximum atomic E-state index is 5.86. The number of nitrogens with two attached hydrogens (primary N) is 1. The topological polar surface area (TPSA) is 26.0 Å². The molecule has 0 aliphatic rings. The van der Waals surface area contributed by atoms with Gasteiger partial charge in [0.25, 0.3) is 0 Å². The number of halogens is 2. The van der Waals surface area contributed by atoms with Crippen molar-refractivity contribution in [3.05, 3.63) is 27.0 Å². The van der Waals surface area contributed by atoms with E-state index in [0.29, 0.717) is 10.7 Å². The van der Waals surface area contributed by atoms with E-state index in [1.165, 1.54) is 0 Å². The zero-order chi connectivity index (χ0) is 8.72. The summed E-state index contributed by atoms with van der Waals surface area (Å²) in [4.78, 5) is 0. The third-order valence-electron chi connectivity index (χ3n) is 1.66. The van der Waals surface area contributed by atoms with Crippen molar-refractivity contribution in [2.45, 2.75) is 0 Å². The fourth-order valence-electron chi connectivity index (χ4n) is 1.08. The number of anilines is 1. The van der Waals surface area contributed by atoms with Gasteiger partial charge in [-0.15, -0.1) is 11.3 Å². The van der Waals surface area contributed by atoms with Gasteiger partial charge in [0.05, 0.1) is 14.5 Å². The lowest BCUT2D eigenvalue weighted by atomic mass is 10.2. The van der Waals surface area contributed by atoms with Crippen molar-refractivity contribution in [3.8, 4) is 0 Å². The van der Waals surface area contributed by atoms with Crippen molar-refractivity contribution in [2.24, 2.45) is 0 Å². The summed E-state index contributed by atoms with van der Waals surface area (Å²) in [6.45, 7) is 0. The second kappa shape index (κ2) is 2.91. The molecule has 0 aliphatic carbocycles. The molecule has 62 valence electrons. The van der Waals surface area contributed by atoms with E-state index in [-0.39, 0.29) is 0 Å². The van der Waals surface area contributed by atoms with E-state index in [1.807, 2.05) is 18.2 Å². The monoisotopic (exact) mass is 261 g/mol. The van der Waals surface area contributed by atoms with Gasteiger partial charge in [-0.05, 0) is 34.1 Å². The molecular formula is C8H5BrClNS. The highest BCUT2D eigenvalue weighted by Gasteiger charge is 2.05. The van der Waals surface area contributed by atoms with Crippen LogP contribution in [0, 0.1) is 0 Å². The van der Waals surface area contributed by atoms with Crippen LogP contribution in [0.5, 0.6) is 0 Å². The van der Waals surface area contributed by atoms with Crippen LogP contribution in [-0.4, -0.2) is 0 Å². The Balaban J connectivity index is 2.89. The number of benzene rings is 1. The zero-order valence-corrected chi connectivity index (χ0v) is 9.13. The Bertz CT molecular complexity index is 438. The zero-order valence-electron chi connectivity index (χ0n) is 5.97. The van der Waals surface area contributed by atoms with Crippen molar-refractivity contribution >= 4 is 54.6 Å². The van der Waals surface area contributed by atoms with Gasteiger partial charge in [0, 0.05) is 10.1 Å². The van der Waals surface area contributed by atoms with Gasteiger partial charge in [-0.1, -0.05) is 11.6 Å². The molecule has 0 saturated heterocycles. The lowest BCUT2D eigenvalue weighted by Crippen LogP contribution is -1.85. The van der Waals surface area contributed by atoms with Gasteiger partial charge >= 0.3 is 0 Å². The van der Waals surface area contributed by atoms with Crippen LogP contribution in [-0.2, 0) is 0 Å². The van der Waals surface area contributed by atoms with Crippen molar-refractivity contribution in [3.63, 3.8) is 0 Å². The standard InChI is InChI=1S/C8H5BrClNS/c9-7-3-4-6(12-7)2-1-5(10)8(4)11/h1-3H,11H2. The minimum atomic E-state index is 0.618. The predicted molar refractivity (Wildman–Crippen MR) is 58.9 cm³/mol. The summed E-state index contributed by atoms with van der Waals surface area (Å²) in [6, 6.07) is 5.78. The Hall–Kier alpha value is -0.250. The van der Waals surface area contributed by atoms with Crippen LogP contribution in [0.4, 0.5) is 5.69 Å². The molecule has 0 unspecified atom stereocenters. The van der Waals surface area contributed by atoms with Gasteiger partial charge in [-0.25, -0.2) is 0 Å². The lowest BCUT2D eigenvalue weighted by Gasteiger charge is -1.97. The summed E-state index contributed by atoms with van der Waals surface area (Å²) in [7, 11) is 0. The molecule has 0 spiro atoms. The van der Waals surface area contributed by atoms with E-state index in [2.05, 4.69) is 15.9 Å². The molecular weight excluding hydrogens is 258 g/mol. The first kappa shape index (κ1) is 8.35. The van der Waals surface area contributed by atoms with E-state index >= 15 is 0 Å². The Morgan fingerprint density at radius 2 is 2.17 bits per heavy atom. The Labute approximate surface area is 87.3 Å². The summed E-state index contributed by atoms with van der Waals surface area (Å²) < 4.78 is 2.23. The van der Waals surface area contributed by atoms with Gasteiger partial charge in [0.1, 0.15) is 0 Å². The molecule has 1 heterocycles. The Kier molecular flexibility index (Phi) is 2.02. The molecule has 12 heavy (non-hydrogen) atoms. The molecule has 2 rings (SSSR count). The predicted octanol–water partition coefficient (Wildman–Crippen LogP) is 3.90. The largest absolute Gasteiger partial charge is 0.397 e. The number of rotatable bonds is 0. The maximum absolute atomic E-state index is 5.86. The van der Waals surface area contributed by atoms with Gasteiger partial charge in [-0.2, -0.15) is 0 Å². The van der Waals surface area contributed by atoms with Crippen LogP contribution in [0.2, 0.25) is 5.02 Å². The van der Waals surface area contributed by atoms with E-state index in [1.54, 1.807) is 11.3 Å². The molecule has 0 saturated carbocycles. The second-order valence-electron chi connectivity index (χ2n) is 2.42. The fourth-order valence-corrected chi connectivity index (χ4v) is 2.79. The van der Waals surface area contributed by atoms with E-state index in [4.69, 9.17) is 17.3 Å². The van der Waals surface area contributed by atoms with Crippen molar-refractivity contribution in [1.82, 2.24) is 0 Å². The molecule has 2 aromatic rings. The minimum absolute atomic E-state index is 0.618. The highest BCUT2D eigenvalue weighted by Crippen LogP contribution is 2.36. The third-order valence-corrected chi connectivity index (χ3v) is 3.59. The van der Waals surface area contributed by atoms with Gasteiger partial charge in [-0.3, -0.25) is 0 Å². The van der Waals surface area contributed by atoms with E-state index in [0.717, 1.165) is 13.9 Å². The van der Waals surface area contributed by atoms with Crippen LogP contribution in [0.1, 0.15) is 0 Å². The van der Waals surface area contributed by atoms with Crippen LogP contribution < -0.4 is 5.73 Å². The van der Waals surface area contributed by atoms with Crippen molar-refractivity contribution in [2.75, 3.05) is 5.73 Å². The quantitative estimate of drug-likeness (QED) is 0.716. The Morgan fingerprint density at radius 3 is 2.92 bits per heavy atom.